The first-order chi connectivity index (χ1) is 19.2. The van der Waals surface area contributed by atoms with Gasteiger partial charge in [0.2, 0.25) is 0 Å². The van der Waals surface area contributed by atoms with Crippen molar-refractivity contribution in [3.05, 3.63) is 65.9 Å². The predicted molar refractivity (Wildman–Crippen MR) is 149 cm³/mol. The molecule has 1 fully saturated rings. The van der Waals surface area contributed by atoms with E-state index in [2.05, 4.69) is 29.6 Å². The summed E-state index contributed by atoms with van der Waals surface area (Å²) in [6, 6.07) is 12.6. The van der Waals surface area contributed by atoms with Crippen molar-refractivity contribution < 1.29 is 27.9 Å². The summed E-state index contributed by atoms with van der Waals surface area (Å²) in [6.07, 6.45) is -3.71. The summed E-state index contributed by atoms with van der Waals surface area (Å²) in [5.74, 6) is -0.417. The van der Waals surface area contributed by atoms with Gasteiger partial charge in [-0.3, -0.25) is 4.79 Å². The van der Waals surface area contributed by atoms with E-state index in [1.165, 1.54) is 12.1 Å². The highest BCUT2D eigenvalue weighted by molar-refractivity contribution is 6.02. The molecule has 5 rings (SSSR count). The molecule has 2 amide bonds. The smallest absolute Gasteiger partial charge is 0.416 e. The number of rotatable bonds is 6. The Bertz CT molecular complexity index is 1650. The first kappa shape index (κ1) is 27.9. The summed E-state index contributed by atoms with van der Waals surface area (Å²) in [5.41, 5.74) is 8.59. The minimum atomic E-state index is -4.52. The van der Waals surface area contributed by atoms with Gasteiger partial charge in [-0.05, 0) is 65.3 Å². The molecule has 214 valence electrons. The Morgan fingerprint density at radius 1 is 1.10 bits per heavy atom. The van der Waals surface area contributed by atoms with Gasteiger partial charge in [-0.2, -0.15) is 18.3 Å². The number of hydrogen-bond donors (Lipinski definition) is 4. The maximum absolute atomic E-state index is 13.0. The van der Waals surface area contributed by atoms with Gasteiger partial charge >= 0.3 is 18.2 Å². The highest BCUT2D eigenvalue weighted by atomic mass is 19.4. The van der Waals surface area contributed by atoms with E-state index in [9.17, 15) is 27.9 Å². The van der Waals surface area contributed by atoms with Crippen LogP contribution in [0.5, 0.6) is 0 Å². The number of carbonyl (C=O) groups is 2. The molecule has 9 nitrogen and oxygen atoms in total. The number of carboxylic acids is 1. The van der Waals surface area contributed by atoms with E-state index >= 15 is 0 Å². The first-order valence-electron chi connectivity index (χ1n) is 12.9. The number of urea groups is 1. The Morgan fingerprint density at radius 3 is 2.41 bits per heavy atom. The van der Waals surface area contributed by atoms with Crippen molar-refractivity contribution in [1.29, 1.82) is 0 Å². The molecule has 0 aliphatic heterocycles. The molecular weight excluding hydrogens is 537 g/mol. The molecule has 41 heavy (non-hydrogen) atoms. The Kier molecular flexibility index (Phi) is 6.88. The molecule has 5 N–H and O–H groups in total. The third kappa shape index (κ3) is 5.41. The molecule has 0 bridgehead atoms. The Morgan fingerprint density at radius 2 is 1.78 bits per heavy atom. The molecule has 0 spiro atoms. The van der Waals surface area contributed by atoms with E-state index in [4.69, 9.17) is 10.7 Å². The second kappa shape index (κ2) is 10.1. The van der Waals surface area contributed by atoms with E-state index in [1.807, 2.05) is 6.07 Å². The molecule has 2 unspecified atom stereocenters. The third-order valence-electron chi connectivity index (χ3n) is 7.99. The van der Waals surface area contributed by atoms with Gasteiger partial charge in [0.15, 0.2) is 11.5 Å². The van der Waals surface area contributed by atoms with Crippen molar-refractivity contribution in [3.8, 4) is 11.1 Å². The van der Waals surface area contributed by atoms with Crippen molar-refractivity contribution in [2.24, 2.45) is 18.4 Å². The molecule has 2 aromatic carbocycles. The van der Waals surface area contributed by atoms with Gasteiger partial charge in [-0.15, -0.1) is 0 Å². The van der Waals surface area contributed by atoms with Crippen molar-refractivity contribution in [1.82, 2.24) is 14.8 Å². The van der Waals surface area contributed by atoms with Crippen LogP contribution < -0.4 is 16.4 Å². The van der Waals surface area contributed by atoms with Crippen molar-refractivity contribution >= 4 is 40.2 Å². The second-order valence-electron chi connectivity index (χ2n) is 10.9. The SMILES string of the molecule is Cn1nc(N)c2c(-c3ccc(NC(=O)Nc4cccc(C(F)(F)F)c4)cc3)cc(C3CC(CC(=O)O)C3(C)C)nc21. The van der Waals surface area contributed by atoms with E-state index < -0.39 is 23.7 Å². The van der Waals surface area contributed by atoms with Crippen LogP contribution in [0.4, 0.5) is 35.2 Å². The number of aromatic nitrogens is 3. The van der Waals surface area contributed by atoms with Gasteiger partial charge < -0.3 is 21.5 Å². The van der Waals surface area contributed by atoms with E-state index in [1.54, 1.807) is 36.0 Å². The number of benzene rings is 2. The number of pyridine rings is 1. The Balaban J connectivity index is 1.39. The van der Waals surface area contributed by atoms with Gasteiger partial charge in [0.05, 0.1) is 10.9 Å². The standard InChI is InChI=1S/C29H29F3N6O3/c1-28(2)17(13-23(39)40)12-21(28)22-14-20(24-25(33)37-38(3)26(24)36-22)15-7-9-18(10-8-15)34-27(41)35-19-6-4-5-16(11-19)29(30,31)32/h4-11,14,17,21H,12-13H2,1-3H3,(H2,33,37)(H,39,40)(H2,34,35,41). The van der Waals surface area contributed by atoms with Crippen molar-refractivity contribution in [3.63, 3.8) is 0 Å². The molecule has 4 aromatic rings. The normalized spacial score (nSPS) is 18.1. The lowest BCUT2D eigenvalue weighted by molar-refractivity contribution is -0.141. The molecule has 2 atom stereocenters. The number of anilines is 3. The lowest BCUT2D eigenvalue weighted by Crippen LogP contribution is -2.44. The first-order valence-corrected chi connectivity index (χ1v) is 12.9. The monoisotopic (exact) mass is 566 g/mol. The molecule has 2 heterocycles. The minimum absolute atomic E-state index is 0.0113. The zero-order chi connectivity index (χ0) is 29.7. The fourth-order valence-electron chi connectivity index (χ4n) is 5.58. The van der Waals surface area contributed by atoms with Crippen LogP contribution in [0.1, 0.15) is 43.9 Å². The molecule has 12 heteroatoms. The van der Waals surface area contributed by atoms with E-state index in [-0.39, 0.29) is 29.4 Å². The van der Waals surface area contributed by atoms with Crippen LogP contribution in [0.15, 0.2) is 54.6 Å². The number of carbonyl (C=O) groups excluding carboxylic acids is 1. The van der Waals surface area contributed by atoms with Crippen LogP contribution in [0.2, 0.25) is 0 Å². The molecule has 2 aromatic heterocycles. The third-order valence-corrected chi connectivity index (χ3v) is 7.99. The van der Waals surface area contributed by atoms with Crippen LogP contribution in [-0.4, -0.2) is 31.9 Å². The van der Waals surface area contributed by atoms with Crippen LogP contribution in [-0.2, 0) is 18.0 Å². The van der Waals surface area contributed by atoms with Crippen LogP contribution >= 0.6 is 0 Å². The largest absolute Gasteiger partial charge is 0.481 e. The predicted octanol–water partition coefficient (Wildman–Crippen LogP) is 6.48. The van der Waals surface area contributed by atoms with Gasteiger partial charge in [0.1, 0.15) is 0 Å². The Hall–Kier alpha value is -4.61. The van der Waals surface area contributed by atoms with Crippen molar-refractivity contribution in [2.75, 3.05) is 16.4 Å². The number of amides is 2. The topological polar surface area (TPSA) is 135 Å². The summed E-state index contributed by atoms with van der Waals surface area (Å²) in [5, 5.41) is 19.4. The molecular formula is C29H29F3N6O3. The number of hydrogen-bond acceptors (Lipinski definition) is 5. The second-order valence-corrected chi connectivity index (χ2v) is 10.9. The fourth-order valence-corrected chi connectivity index (χ4v) is 5.58. The highest BCUT2D eigenvalue weighted by Crippen LogP contribution is 2.58. The molecule has 1 aliphatic rings. The summed E-state index contributed by atoms with van der Waals surface area (Å²) >= 11 is 0. The number of nitrogens with two attached hydrogens (primary N) is 1. The lowest BCUT2D eigenvalue weighted by atomic mass is 9.53. The number of nitrogens with zero attached hydrogens (tertiary/aromatic N) is 3. The van der Waals surface area contributed by atoms with Crippen LogP contribution in [0, 0.1) is 11.3 Å². The van der Waals surface area contributed by atoms with Crippen LogP contribution in [0.25, 0.3) is 22.2 Å². The van der Waals surface area contributed by atoms with Crippen LogP contribution in [0.3, 0.4) is 0 Å². The zero-order valence-electron chi connectivity index (χ0n) is 22.6. The number of alkyl halides is 3. The minimum Gasteiger partial charge on any atom is -0.481 e. The molecule has 0 radical (unpaired) electrons. The summed E-state index contributed by atoms with van der Waals surface area (Å²) in [4.78, 5) is 28.6. The number of halogens is 3. The quantitative estimate of drug-likeness (QED) is 0.211. The number of aryl methyl sites for hydroxylation is 1. The van der Waals surface area contributed by atoms with Gasteiger partial charge in [-0.25, -0.2) is 14.5 Å². The summed E-state index contributed by atoms with van der Waals surface area (Å²) < 4.78 is 40.6. The number of carboxylic acid groups (broad SMARTS) is 1. The molecule has 1 aliphatic carbocycles. The fraction of sp³-hybridized carbons (Fsp3) is 0.310. The zero-order valence-corrected chi connectivity index (χ0v) is 22.6. The lowest BCUT2D eigenvalue weighted by Gasteiger charge is -2.51. The number of nitrogens with one attached hydrogen (secondary N) is 2. The van der Waals surface area contributed by atoms with Gasteiger partial charge in [-0.1, -0.05) is 32.0 Å². The number of nitrogen functional groups attached to an aromatic ring is 1. The van der Waals surface area contributed by atoms with Gasteiger partial charge in [0, 0.05) is 36.5 Å². The summed E-state index contributed by atoms with van der Waals surface area (Å²) in [6.45, 7) is 4.12. The molecule has 0 saturated heterocycles. The van der Waals surface area contributed by atoms with E-state index in [0.717, 1.165) is 29.0 Å². The number of aliphatic carboxylic acids is 1. The maximum Gasteiger partial charge on any atom is 0.416 e. The van der Waals surface area contributed by atoms with Gasteiger partial charge in [0.25, 0.3) is 0 Å². The average Bonchev–Trinajstić information content (AvgIpc) is 3.18. The van der Waals surface area contributed by atoms with E-state index in [0.29, 0.717) is 29.0 Å². The average molecular weight is 567 g/mol. The number of fused-ring (bicyclic) bond motifs is 1. The van der Waals surface area contributed by atoms with Crippen molar-refractivity contribution in [2.45, 2.75) is 38.8 Å². The molecule has 1 saturated carbocycles. The Labute approximate surface area is 233 Å². The highest BCUT2D eigenvalue weighted by Gasteiger charge is 2.50. The summed E-state index contributed by atoms with van der Waals surface area (Å²) in [7, 11) is 1.76. The maximum atomic E-state index is 13.0.